The van der Waals surface area contributed by atoms with Crippen LogP contribution in [0.15, 0.2) is 34.4 Å². The van der Waals surface area contributed by atoms with E-state index in [9.17, 15) is 4.79 Å². The van der Waals surface area contributed by atoms with Gasteiger partial charge in [0.15, 0.2) is 0 Å². The molecule has 0 spiro atoms. The van der Waals surface area contributed by atoms with Crippen molar-refractivity contribution in [2.45, 2.75) is 38.0 Å². The molecule has 1 aromatic carbocycles. The van der Waals surface area contributed by atoms with Gasteiger partial charge >= 0.3 is 0 Å². The van der Waals surface area contributed by atoms with E-state index >= 15 is 0 Å². The number of hydrogen-bond acceptors (Lipinski definition) is 5. The Morgan fingerprint density at radius 3 is 2.71 bits per heavy atom. The topological polar surface area (TPSA) is 100 Å². The Balaban J connectivity index is 1.64. The van der Waals surface area contributed by atoms with E-state index in [2.05, 4.69) is 26.6 Å². The molecule has 2 aliphatic rings. The molecule has 3 atom stereocenters. The van der Waals surface area contributed by atoms with Crippen LogP contribution in [0.5, 0.6) is 0 Å². The second-order valence-electron chi connectivity index (χ2n) is 6.07. The normalized spacial score (nSPS) is 26.2. The van der Waals surface area contributed by atoms with Crippen LogP contribution in [-0.2, 0) is 9.53 Å². The molecule has 6 nitrogen and oxygen atoms in total. The summed E-state index contributed by atoms with van der Waals surface area (Å²) in [5, 5.41) is 14.1. The van der Waals surface area contributed by atoms with E-state index in [-0.39, 0.29) is 11.8 Å². The lowest BCUT2D eigenvalue weighted by atomic mass is 10.0. The lowest BCUT2D eigenvalue weighted by Gasteiger charge is -2.23. The number of nitrogens with two attached hydrogens (primary N) is 1. The highest BCUT2D eigenvalue weighted by atomic mass is 79.9. The van der Waals surface area contributed by atoms with Crippen LogP contribution in [-0.4, -0.2) is 30.3 Å². The van der Waals surface area contributed by atoms with Gasteiger partial charge in [-0.3, -0.25) is 10.2 Å². The molecule has 0 radical (unpaired) electrons. The number of ether oxygens (including phenoxy) is 1. The van der Waals surface area contributed by atoms with Crippen molar-refractivity contribution in [2.75, 3.05) is 11.9 Å². The molecule has 3 rings (SSSR count). The second kappa shape index (κ2) is 7.04. The quantitative estimate of drug-likeness (QED) is 0.578. The number of carbonyl (C=O) groups excluding carboxylic acids is 1. The van der Waals surface area contributed by atoms with Gasteiger partial charge in [-0.15, -0.1) is 0 Å². The number of benzene rings is 1. The maximum absolute atomic E-state index is 12.1. The van der Waals surface area contributed by atoms with Crippen LogP contribution >= 0.6 is 15.9 Å². The Morgan fingerprint density at radius 2 is 2.17 bits per heavy atom. The largest absolute Gasteiger partial charge is 0.401 e. The standard InChI is InChI=1S/C17H21BrN4O2/c1-2-12(19)14(18)15(20)17(23)22-10-5-3-9(4-6-10)16-13-7-11(24-16)8-21-13/h3-6,11,13,16,20-21H,2,7-8,19H2,1H3,(H,22,23)/b14-12+,20-15?/t11-,13-,16+/m1/s1. The van der Waals surface area contributed by atoms with E-state index < -0.39 is 5.91 Å². The number of fused-ring (bicyclic) bond motifs is 2. The van der Waals surface area contributed by atoms with Gasteiger partial charge < -0.3 is 21.1 Å². The summed E-state index contributed by atoms with van der Waals surface area (Å²) < 4.78 is 6.30. The van der Waals surface area contributed by atoms with E-state index in [1.807, 2.05) is 31.2 Å². The van der Waals surface area contributed by atoms with E-state index in [0.29, 0.717) is 34.4 Å². The highest BCUT2D eigenvalue weighted by Crippen LogP contribution is 2.37. The minimum atomic E-state index is -0.496. The first-order chi connectivity index (χ1) is 11.5. The molecular formula is C17H21BrN4O2. The average molecular weight is 393 g/mol. The molecule has 2 saturated heterocycles. The van der Waals surface area contributed by atoms with Crippen molar-refractivity contribution >= 4 is 33.2 Å². The summed E-state index contributed by atoms with van der Waals surface area (Å²) in [6, 6.07) is 7.95. The molecule has 0 unspecified atom stereocenters. The fraction of sp³-hybridized carbons (Fsp3) is 0.412. The molecule has 0 saturated carbocycles. The minimum absolute atomic E-state index is 0.0771. The maximum Gasteiger partial charge on any atom is 0.274 e. The zero-order valence-electron chi connectivity index (χ0n) is 13.4. The lowest BCUT2D eigenvalue weighted by molar-refractivity contribution is -0.110. The second-order valence-corrected chi connectivity index (χ2v) is 6.87. The third-order valence-corrected chi connectivity index (χ3v) is 5.34. The van der Waals surface area contributed by atoms with Gasteiger partial charge in [-0.05, 0) is 46.5 Å². The number of allylic oxidation sites excluding steroid dienone is 1. The number of hydrogen-bond donors (Lipinski definition) is 4. The van der Waals surface area contributed by atoms with E-state index in [1.165, 1.54) is 0 Å². The van der Waals surface area contributed by atoms with Crippen LogP contribution in [0.25, 0.3) is 0 Å². The summed E-state index contributed by atoms with van der Waals surface area (Å²) in [4.78, 5) is 12.1. The first-order valence-electron chi connectivity index (χ1n) is 8.02. The third-order valence-electron chi connectivity index (χ3n) is 4.44. The number of amides is 1. The zero-order chi connectivity index (χ0) is 17.3. The summed E-state index contributed by atoms with van der Waals surface area (Å²) >= 11 is 3.20. The molecule has 1 aromatic rings. The highest BCUT2D eigenvalue weighted by Gasteiger charge is 2.41. The molecule has 2 fully saturated rings. The minimum Gasteiger partial charge on any atom is -0.401 e. The summed E-state index contributed by atoms with van der Waals surface area (Å²) in [6.45, 7) is 2.80. The first-order valence-corrected chi connectivity index (χ1v) is 8.82. The van der Waals surface area contributed by atoms with E-state index in [1.54, 1.807) is 0 Å². The Bertz CT molecular complexity index is 686. The van der Waals surface area contributed by atoms with Gasteiger partial charge in [0.1, 0.15) is 5.71 Å². The van der Waals surface area contributed by atoms with Gasteiger partial charge in [0.2, 0.25) is 0 Å². The molecule has 2 heterocycles. The smallest absolute Gasteiger partial charge is 0.274 e. The zero-order valence-corrected chi connectivity index (χ0v) is 15.0. The number of nitrogens with one attached hydrogen (secondary N) is 3. The molecule has 0 aliphatic carbocycles. The summed E-state index contributed by atoms with van der Waals surface area (Å²) in [5.41, 5.74) is 7.79. The number of anilines is 1. The van der Waals surface area contributed by atoms with Crippen LogP contribution in [0.2, 0.25) is 0 Å². The molecule has 7 heteroatoms. The lowest BCUT2D eigenvalue weighted by Crippen LogP contribution is -2.34. The van der Waals surface area contributed by atoms with Gasteiger partial charge in [0.05, 0.1) is 16.7 Å². The number of carbonyl (C=O) groups is 1. The van der Waals surface area contributed by atoms with Crippen molar-refractivity contribution in [3.05, 3.63) is 40.0 Å². The predicted octanol–water partition coefficient (Wildman–Crippen LogP) is 2.42. The van der Waals surface area contributed by atoms with Gasteiger partial charge in [0.25, 0.3) is 5.91 Å². The third kappa shape index (κ3) is 3.38. The number of rotatable bonds is 5. The summed E-state index contributed by atoms with van der Waals surface area (Å²) in [6.07, 6.45) is 2.02. The van der Waals surface area contributed by atoms with Crippen LogP contribution in [0.4, 0.5) is 5.69 Å². The van der Waals surface area contributed by atoms with Crippen LogP contribution < -0.4 is 16.4 Å². The molecule has 24 heavy (non-hydrogen) atoms. The fourth-order valence-corrected chi connectivity index (χ4v) is 3.51. The van der Waals surface area contributed by atoms with Crippen LogP contribution in [0.3, 0.4) is 0 Å². The van der Waals surface area contributed by atoms with Crippen LogP contribution in [0, 0.1) is 5.41 Å². The predicted molar refractivity (Wildman–Crippen MR) is 97.3 cm³/mol. The Kier molecular flexibility index (Phi) is 5.03. The van der Waals surface area contributed by atoms with Crippen molar-refractivity contribution in [1.82, 2.24) is 5.32 Å². The molecule has 0 aromatic heterocycles. The Hall–Kier alpha value is -1.70. The van der Waals surface area contributed by atoms with Gasteiger partial charge in [-0.25, -0.2) is 0 Å². The van der Waals surface area contributed by atoms with Crippen molar-refractivity contribution in [3.63, 3.8) is 0 Å². The monoisotopic (exact) mass is 392 g/mol. The molecule has 2 aliphatic heterocycles. The molecule has 2 bridgehead atoms. The number of halogens is 1. The van der Waals surface area contributed by atoms with Crippen LogP contribution in [0.1, 0.15) is 31.4 Å². The average Bonchev–Trinajstić information content (AvgIpc) is 3.23. The summed E-state index contributed by atoms with van der Waals surface area (Å²) in [7, 11) is 0. The number of morpholine rings is 1. The Morgan fingerprint density at radius 1 is 1.46 bits per heavy atom. The SMILES string of the molecule is CC/C(N)=C(\Br)C(=N)C(=O)Nc1ccc([C@@H]2O[C@H]3CN[C@@H]2C3)cc1. The fourth-order valence-electron chi connectivity index (χ4n) is 3.05. The Labute approximate surface area is 149 Å². The van der Waals surface area contributed by atoms with E-state index in [0.717, 1.165) is 18.5 Å². The first kappa shape index (κ1) is 17.1. The van der Waals surface area contributed by atoms with Crippen molar-refractivity contribution in [1.29, 1.82) is 5.41 Å². The van der Waals surface area contributed by atoms with Gasteiger partial charge in [0, 0.05) is 24.0 Å². The van der Waals surface area contributed by atoms with Crippen molar-refractivity contribution < 1.29 is 9.53 Å². The molecule has 5 N–H and O–H groups in total. The molecule has 128 valence electrons. The van der Waals surface area contributed by atoms with Crippen molar-refractivity contribution in [3.8, 4) is 0 Å². The maximum atomic E-state index is 12.1. The molecule has 1 amide bonds. The van der Waals surface area contributed by atoms with Gasteiger partial charge in [-0.2, -0.15) is 0 Å². The highest BCUT2D eigenvalue weighted by molar-refractivity contribution is 9.12. The van der Waals surface area contributed by atoms with E-state index in [4.69, 9.17) is 15.9 Å². The van der Waals surface area contributed by atoms with Gasteiger partial charge in [-0.1, -0.05) is 19.1 Å². The van der Waals surface area contributed by atoms with Crippen molar-refractivity contribution in [2.24, 2.45) is 5.73 Å². The summed E-state index contributed by atoms with van der Waals surface area (Å²) in [5.74, 6) is -0.496. The molecular weight excluding hydrogens is 372 g/mol.